The summed E-state index contributed by atoms with van der Waals surface area (Å²) in [4.78, 5) is 275. The summed E-state index contributed by atoms with van der Waals surface area (Å²) in [5.41, 5.74) is 5.81. The number of fused-ring (bicyclic) bond motifs is 4. The number of epoxide rings is 1. The van der Waals surface area contributed by atoms with Crippen molar-refractivity contribution in [1.82, 2.24) is 64.5 Å². The average molecular weight is 2050 g/mol. The van der Waals surface area contributed by atoms with Gasteiger partial charge in [-0.1, -0.05) is 128 Å². The predicted molar refractivity (Wildman–Crippen MR) is 545 cm³/mol. The monoisotopic (exact) mass is 2050 g/mol. The number of piperazine rings is 4. The molecule has 10 atom stereocenters. The molecule has 43 heteroatoms. The van der Waals surface area contributed by atoms with E-state index in [0.717, 1.165) is 0 Å². The molecule has 5 aliphatic heterocycles. The Kier molecular flexibility index (Phi) is 34.1. The lowest BCUT2D eigenvalue weighted by Crippen LogP contribution is -2.56. The first-order valence-electron chi connectivity index (χ1n) is 48.1. The zero-order valence-corrected chi connectivity index (χ0v) is 82.3. The molecule has 17 rings (SSSR count). The molecule has 0 spiro atoms. The number of benzene rings is 8. The number of hydrogen-bond donors (Lipinski definition) is 14. The maximum absolute atomic E-state index is 13.3. The highest BCUT2D eigenvalue weighted by Gasteiger charge is 2.51. The Morgan fingerprint density at radius 2 is 0.633 bits per heavy atom. The quantitative estimate of drug-likeness (QED) is 0.0126. The highest BCUT2D eigenvalue weighted by molar-refractivity contribution is 6.47. The number of nitrogens with zero attached hydrogens (tertiary/aromatic N) is 8. The SMILES string of the molecule is CC(C(=O)O)C(O)C(=O)Nc1cccc2c(C(=O)C(=O)N3CCN(C(=O)c4ccccc4)C[C@H]3C)c[nH]c12.CC(CC(=O)Nc1cccc2c(C(=O)C(=O)N3CCN(C(=O)c4ccccc4)C[C@H]3C)c[nH]c12)C(=O)O.CNC(CC(=O)O)C(=O)Nc1cccc2c(C(=O)C(=O)N3CCN(C(=O)c4ccccc4)C[C@H]3C)c[nH]c12.C[C@@H]1CN(C(=O)c2ccccc2)CCN1C(=O)C(=O)c1c[nH]c2c(NC(=O)C3OC3C(=O)O)cccc12. The van der Waals surface area contributed by atoms with Crippen LogP contribution in [-0.4, -0.2) is 337 Å². The van der Waals surface area contributed by atoms with Crippen molar-refractivity contribution in [1.29, 1.82) is 0 Å². The number of carboxylic acid groups (broad SMARTS) is 4. The minimum atomic E-state index is -1.78. The van der Waals surface area contributed by atoms with Crippen molar-refractivity contribution in [3.63, 3.8) is 0 Å². The van der Waals surface area contributed by atoms with E-state index in [0.29, 0.717) is 122 Å². The Hall–Kier alpha value is -18.0. The van der Waals surface area contributed by atoms with Crippen LogP contribution < -0.4 is 26.6 Å². The molecule has 0 radical (unpaired) electrons. The van der Waals surface area contributed by atoms with E-state index in [1.165, 1.54) is 71.3 Å². The summed E-state index contributed by atoms with van der Waals surface area (Å²) in [6.45, 7) is 13.1. The van der Waals surface area contributed by atoms with Gasteiger partial charge in [0, 0.05) is 178 Å². The molecule has 5 aliphatic rings. The normalized spacial score (nSPS) is 17.6. The molecule has 6 unspecified atom stereocenters. The molecule has 778 valence electrons. The fourth-order valence-electron chi connectivity index (χ4n) is 18.2. The summed E-state index contributed by atoms with van der Waals surface area (Å²) in [7, 11) is 1.49. The summed E-state index contributed by atoms with van der Waals surface area (Å²) in [6, 6.07) is 52.6. The number of aliphatic hydroxyl groups is 1. The first-order chi connectivity index (χ1) is 71.7. The number of H-pyrrole nitrogens is 4. The van der Waals surface area contributed by atoms with Crippen LogP contribution in [0.4, 0.5) is 22.7 Å². The molecule has 43 nitrogen and oxygen atoms in total. The molecule has 5 saturated heterocycles. The van der Waals surface area contributed by atoms with Crippen molar-refractivity contribution in [2.75, 3.05) is 107 Å². The summed E-state index contributed by atoms with van der Waals surface area (Å²) in [6.07, 6.45) is 0.992. The first-order valence-corrected chi connectivity index (χ1v) is 48.1. The van der Waals surface area contributed by atoms with Crippen molar-refractivity contribution in [3.05, 3.63) is 263 Å². The number of amides is 12. The topological polar surface area (TPSA) is 604 Å². The van der Waals surface area contributed by atoms with E-state index in [-0.39, 0.29) is 121 Å². The molecule has 9 heterocycles. The zero-order valence-electron chi connectivity index (χ0n) is 82.3. The van der Waals surface area contributed by atoms with Crippen LogP contribution in [0.15, 0.2) is 219 Å². The van der Waals surface area contributed by atoms with Gasteiger partial charge in [0.1, 0.15) is 6.10 Å². The molecule has 4 aromatic heterocycles. The predicted octanol–water partition coefficient (Wildman–Crippen LogP) is 7.76. The van der Waals surface area contributed by atoms with Crippen molar-refractivity contribution in [2.45, 2.75) is 103 Å². The second kappa shape index (κ2) is 47.5. The molecule has 0 aliphatic carbocycles. The van der Waals surface area contributed by atoms with Crippen LogP contribution in [0.2, 0.25) is 0 Å². The van der Waals surface area contributed by atoms with Gasteiger partial charge in [0.15, 0.2) is 12.2 Å². The molecular weight excluding hydrogens is 1940 g/mol. The molecule has 0 saturated carbocycles. The van der Waals surface area contributed by atoms with Crippen molar-refractivity contribution < 1.29 is 126 Å². The Balaban J connectivity index is 0.000000157. The van der Waals surface area contributed by atoms with Gasteiger partial charge in [0.2, 0.25) is 11.8 Å². The van der Waals surface area contributed by atoms with Crippen LogP contribution in [0.25, 0.3) is 43.6 Å². The standard InChI is InChI=1S/C27H29N5O6.C27H28N4O7.C27H28N4O6.C26H24N4O7/c1-16-15-31(26(37)17-7-4-3-5-8-17)11-12-32(16)27(38)24(35)19-14-29-23-18(19)9-6-10-20(23)30-25(36)21(28-2)13-22(33)34;1-15-14-30(25(35)17-7-4-3-5-8-17)11-12-31(15)26(36)23(33)19-13-28-21-18(19)9-6-10-20(21)29-24(34)22(32)16(2)27(37)38;1-16(27(36)37)13-22(32)29-21-10-6-9-19-20(14-28-23(19)21)24(33)26(35)31-12-11-30(15-17(31)2)25(34)18-7-4-3-5-8-18;1-14-13-29(24(33)15-6-3-2-4-7-15)10-11-30(14)25(34)20(31)17-12-27-19-16(17)8-5-9-18(19)28-23(32)21-22(37-21)26(35)36/h3-10,14,16,21,28-29H,11-13,15H2,1-2H3,(H,30,36)(H,33,34);3-10,13,15-16,22,28,32H,11-12,14H2,1-2H3,(H,29,34)(H,37,38);3-10,14,16-17,28H,11-13,15H2,1-2H3,(H,29,32)(H,36,37);2-9,12,14,21-22,27H,10-11,13H2,1H3,(H,28,32)(H,35,36)/t16-,21?;15-,16?,22?;16?,17-;14-,21?,22?/m1111/s1. The molecule has 12 aromatic rings. The number of likely N-dealkylation sites (N-methyl/N-ethyl adjacent to an activating group) is 1. The minimum Gasteiger partial charge on any atom is -0.481 e. The Morgan fingerprint density at radius 1 is 0.347 bits per heavy atom. The highest BCUT2D eigenvalue weighted by Crippen LogP contribution is 2.35. The average Bonchev–Trinajstić information content (AvgIpc) is 1.65. The molecule has 14 N–H and O–H groups in total. The number of anilines is 4. The van der Waals surface area contributed by atoms with E-state index in [1.54, 1.807) is 211 Å². The largest absolute Gasteiger partial charge is 0.481 e. The number of aliphatic hydroxyl groups excluding tert-OH is 1. The van der Waals surface area contributed by atoms with Gasteiger partial charge in [-0.3, -0.25) is 91.1 Å². The number of aromatic nitrogens is 4. The van der Waals surface area contributed by atoms with E-state index in [9.17, 15) is 101 Å². The molecule has 5 fully saturated rings. The summed E-state index contributed by atoms with van der Waals surface area (Å²) >= 11 is 0. The van der Waals surface area contributed by atoms with Crippen LogP contribution in [0.5, 0.6) is 0 Å². The van der Waals surface area contributed by atoms with E-state index < -0.39 is 137 Å². The maximum Gasteiger partial charge on any atom is 0.336 e. The van der Waals surface area contributed by atoms with Gasteiger partial charge in [-0.2, -0.15) is 0 Å². The number of Topliss-reactive ketones (excluding diaryl/α,β-unsaturated/α-hetero) is 4. The van der Waals surface area contributed by atoms with Gasteiger partial charge >= 0.3 is 23.9 Å². The third-order valence-corrected chi connectivity index (χ3v) is 26.5. The summed E-state index contributed by atoms with van der Waals surface area (Å²) in [5, 5.41) is 60.9. The number of ether oxygens (including phenoxy) is 1. The number of rotatable bonds is 28. The second-order valence-corrected chi connectivity index (χ2v) is 36.7. The smallest absolute Gasteiger partial charge is 0.336 e. The number of carbonyl (C=O) groups excluding carboxylic acids is 16. The Labute approximate surface area is 855 Å². The number of aliphatic carboxylic acids is 4. The van der Waals surface area contributed by atoms with Gasteiger partial charge in [0.05, 0.1) is 91.4 Å². The number of carbonyl (C=O) groups is 20. The van der Waals surface area contributed by atoms with E-state index in [2.05, 4.69) is 46.5 Å². The van der Waals surface area contributed by atoms with Gasteiger partial charge < -0.3 is 116 Å². The third-order valence-electron chi connectivity index (χ3n) is 26.5. The van der Waals surface area contributed by atoms with Crippen LogP contribution in [0.3, 0.4) is 0 Å². The van der Waals surface area contributed by atoms with Crippen LogP contribution in [0, 0.1) is 11.8 Å². The minimum absolute atomic E-state index is 0.107. The zero-order chi connectivity index (χ0) is 108. The third kappa shape index (κ3) is 24.4. The van der Waals surface area contributed by atoms with Gasteiger partial charge in [0.25, 0.3) is 82.2 Å². The molecule has 8 aromatic carbocycles. The maximum atomic E-state index is 13.3. The number of aromatic amines is 4. The molecule has 0 bridgehead atoms. The number of ketones is 4. The molecule has 150 heavy (non-hydrogen) atoms. The number of para-hydroxylation sites is 4. The number of nitrogens with one attached hydrogen (secondary N) is 9. The lowest BCUT2D eigenvalue weighted by molar-refractivity contribution is -0.148. The molecular formula is C107H109N17O26. The van der Waals surface area contributed by atoms with Gasteiger partial charge in [-0.25, -0.2) is 4.79 Å². The van der Waals surface area contributed by atoms with Gasteiger partial charge in [-0.15, -0.1) is 0 Å². The van der Waals surface area contributed by atoms with E-state index in [1.807, 2.05) is 24.3 Å². The van der Waals surface area contributed by atoms with Crippen molar-refractivity contribution >= 4 is 184 Å². The van der Waals surface area contributed by atoms with Crippen molar-refractivity contribution in [2.24, 2.45) is 11.8 Å². The first kappa shape index (κ1) is 108. The second-order valence-electron chi connectivity index (χ2n) is 36.7. The molecule has 12 amide bonds. The number of hydrogen-bond acceptors (Lipinski definition) is 23. The van der Waals surface area contributed by atoms with E-state index in [4.69, 9.17) is 25.2 Å². The lowest BCUT2D eigenvalue weighted by atomic mass is 10.0. The Bertz CT molecular complexity index is 7070. The fourth-order valence-corrected chi connectivity index (χ4v) is 18.2. The summed E-state index contributed by atoms with van der Waals surface area (Å²) < 4.78 is 4.87. The van der Waals surface area contributed by atoms with Crippen LogP contribution in [0.1, 0.15) is 137 Å². The Morgan fingerprint density at radius 3 is 0.893 bits per heavy atom. The van der Waals surface area contributed by atoms with Crippen molar-refractivity contribution in [3.8, 4) is 0 Å². The van der Waals surface area contributed by atoms with E-state index >= 15 is 0 Å². The van der Waals surface area contributed by atoms with Crippen LogP contribution in [-0.2, 0) is 62.3 Å². The number of carboxylic acids is 4. The van der Waals surface area contributed by atoms with Gasteiger partial charge in [-0.05, 0) is 114 Å². The fraction of sp³-hybridized carbons (Fsp3) is 0.290. The highest BCUT2D eigenvalue weighted by atomic mass is 16.6. The lowest BCUT2D eigenvalue weighted by Gasteiger charge is -2.39. The summed E-state index contributed by atoms with van der Waals surface area (Å²) in [5.74, 6) is -15.5. The van der Waals surface area contributed by atoms with Crippen LogP contribution >= 0.6 is 0 Å².